The number of rotatable bonds is 6. The van der Waals surface area contributed by atoms with Crippen molar-refractivity contribution in [3.63, 3.8) is 0 Å². The van der Waals surface area contributed by atoms with Crippen LogP contribution in [0.3, 0.4) is 0 Å². The van der Waals surface area contributed by atoms with Gasteiger partial charge in [-0.05, 0) is 30.3 Å². The monoisotopic (exact) mass is 424 g/mol. The summed E-state index contributed by atoms with van der Waals surface area (Å²) in [6, 6.07) is 9.46. The number of aliphatic carboxylic acids is 1. The highest BCUT2D eigenvalue weighted by Crippen LogP contribution is 2.28. The highest BCUT2D eigenvalue weighted by atomic mass is 35.5. The number of benzene rings is 1. The summed E-state index contributed by atoms with van der Waals surface area (Å²) in [5.41, 5.74) is 0.741. The number of nitrogens with zero attached hydrogens (tertiary/aromatic N) is 4. The Balaban J connectivity index is 2.01. The van der Waals surface area contributed by atoms with E-state index in [1.807, 2.05) is 0 Å². The largest absolute Gasteiger partial charge is 0.483 e. The fourth-order valence-corrected chi connectivity index (χ4v) is 2.57. The highest BCUT2D eigenvalue weighted by molar-refractivity contribution is 6.32. The van der Waals surface area contributed by atoms with Gasteiger partial charge in [-0.2, -0.15) is 13.2 Å². The number of carboxylic acid groups (broad SMARTS) is 1. The van der Waals surface area contributed by atoms with Gasteiger partial charge in [0.25, 0.3) is 0 Å². The van der Waals surface area contributed by atoms with Crippen LogP contribution in [0.2, 0.25) is 5.02 Å². The number of hydrogen-bond donors (Lipinski definition) is 1. The van der Waals surface area contributed by atoms with Crippen molar-refractivity contribution in [2.24, 2.45) is 0 Å². The normalized spacial score (nSPS) is 11.7. The van der Waals surface area contributed by atoms with E-state index < -0.39 is 18.8 Å². The predicted molar refractivity (Wildman–Crippen MR) is 97.8 cm³/mol. The molecule has 0 saturated heterocycles. The molecule has 0 fully saturated rings. The first-order valence-corrected chi connectivity index (χ1v) is 8.40. The minimum absolute atomic E-state index is 0.0686. The van der Waals surface area contributed by atoms with Crippen LogP contribution in [0.5, 0.6) is 5.75 Å². The second-order valence-electron chi connectivity index (χ2n) is 5.62. The standard InChI is InChI=1S/C18H12ClF3N4O3/c19-12-3-1-2-4-14(12)26-15(7-8-16(27)28)24-25-17(26)13-6-5-11(9-23-13)29-10-18(20,21)22/h1-9H,10H2,(H,27,28). The first kappa shape index (κ1) is 20.3. The molecule has 150 valence electrons. The lowest BCUT2D eigenvalue weighted by atomic mass is 10.2. The fraction of sp³-hybridized carbons (Fsp3) is 0.111. The molecule has 1 N–H and O–H groups in total. The van der Waals surface area contributed by atoms with E-state index in [2.05, 4.69) is 19.9 Å². The van der Waals surface area contributed by atoms with Crippen LogP contribution < -0.4 is 4.74 Å². The molecule has 29 heavy (non-hydrogen) atoms. The van der Waals surface area contributed by atoms with E-state index in [1.165, 1.54) is 22.8 Å². The van der Waals surface area contributed by atoms with Gasteiger partial charge in [0.05, 0.1) is 16.9 Å². The van der Waals surface area contributed by atoms with Gasteiger partial charge in [-0.3, -0.25) is 4.57 Å². The Hall–Kier alpha value is -3.40. The Labute approximate surface area is 167 Å². The number of carboxylic acids is 1. The van der Waals surface area contributed by atoms with E-state index in [0.717, 1.165) is 12.3 Å². The smallest absolute Gasteiger partial charge is 0.422 e. The minimum Gasteiger partial charge on any atom is -0.483 e. The average molecular weight is 425 g/mol. The van der Waals surface area contributed by atoms with E-state index in [-0.39, 0.29) is 23.1 Å². The molecule has 0 radical (unpaired) electrons. The van der Waals surface area contributed by atoms with Crippen molar-refractivity contribution in [1.82, 2.24) is 19.7 Å². The van der Waals surface area contributed by atoms with Gasteiger partial charge in [0.15, 0.2) is 18.3 Å². The summed E-state index contributed by atoms with van der Waals surface area (Å²) in [5.74, 6) is -0.856. The number of hydrogen-bond acceptors (Lipinski definition) is 5. The second-order valence-corrected chi connectivity index (χ2v) is 6.03. The quantitative estimate of drug-likeness (QED) is 0.601. The summed E-state index contributed by atoms with van der Waals surface area (Å²) in [4.78, 5) is 14.9. The molecule has 0 bridgehead atoms. The van der Waals surface area contributed by atoms with Gasteiger partial charge in [0.1, 0.15) is 11.4 Å². The molecule has 0 spiro atoms. The van der Waals surface area contributed by atoms with Crippen molar-refractivity contribution in [2.75, 3.05) is 6.61 Å². The summed E-state index contributed by atoms with van der Waals surface area (Å²) in [7, 11) is 0. The lowest BCUT2D eigenvalue weighted by Crippen LogP contribution is -2.19. The summed E-state index contributed by atoms with van der Waals surface area (Å²) < 4.78 is 42.9. The third-order valence-corrected chi connectivity index (χ3v) is 3.84. The van der Waals surface area contributed by atoms with Crippen molar-refractivity contribution >= 4 is 23.6 Å². The summed E-state index contributed by atoms with van der Waals surface area (Å²) in [6.45, 7) is -1.44. The van der Waals surface area contributed by atoms with Crippen LogP contribution in [0.4, 0.5) is 13.2 Å². The number of pyridine rings is 1. The number of alkyl halides is 3. The van der Waals surface area contributed by atoms with Crippen LogP contribution in [0, 0.1) is 0 Å². The molecule has 0 aliphatic rings. The van der Waals surface area contributed by atoms with Crippen LogP contribution in [-0.4, -0.2) is 43.6 Å². The number of carbonyl (C=O) groups is 1. The fourth-order valence-electron chi connectivity index (χ4n) is 2.35. The third kappa shape index (κ3) is 5.11. The molecule has 0 atom stereocenters. The Morgan fingerprint density at radius 2 is 1.97 bits per heavy atom. The number of ether oxygens (including phenoxy) is 1. The SMILES string of the molecule is O=C(O)C=Cc1nnc(-c2ccc(OCC(F)(F)F)cn2)n1-c1ccccc1Cl. The van der Waals surface area contributed by atoms with Crippen molar-refractivity contribution in [1.29, 1.82) is 0 Å². The van der Waals surface area contributed by atoms with E-state index in [9.17, 15) is 18.0 Å². The molecule has 2 heterocycles. The van der Waals surface area contributed by atoms with Crippen LogP contribution >= 0.6 is 11.6 Å². The maximum atomic E-state index is 12.3. The van der Waals surface area contributed by atoms with Gasteiger partial charge in [0, 0.05) is 6.08 Å². The van der Waals surface area contributed by atoms with Crippen molar-refractivity contribution in [2.45, 2.75) is 6.18 Å². The first-order chi connectivity index (χ1) is 13.7. The van der Waals surface area contributed by atoms with Gasteiger partial charge >= 0.3 is 12.1 Å². The van der Waals surface area contributed by atoms with Crippen LogP contribution in [0.25, 0.3) is 23.3 Å². The maximum Gasteiger partial charge on any atom is 0.422 e. The van der Waals surface area contributed by atoms with Crippen LogP contribution in [0.1, 0.15) is 5.82 Å². The van der Waals surface area contributed by atoms with Gasteiger partial charge in [0.2, 0.25) is 0 Å². The molecule has 11 heteroatoms. The first-order valence-electron chi connectivity index (χ1n) is 8.02. The zero-order valence-electron chi connectivity index (χ0n) is 14.5. The zero-order valence-corrected chi connectivity index (χ0v) is 15.2. The van der Waals surface area contributed by atoms with Crippen LogP contribution in [0.15, 0.2) is 48.7 Å². The molecular formula is C18H12ClF3N4O3. The van der Waals surface area contributed by atoms with E-state index in [0.29, 0.717) is 10.7 Å². The molecule has 2 aromatic heterocycles. The Morgan fingerprint density at radius 1 is 1.21 bits per heavy atom. The second kappa shape index (κ2) is 8.31. The minimum atomic E-state index is -4.46. The summed E-state index contributed by atoms with van der Waals surface area (Å²) in [5, 5.41) is 17.2. The van der Waals surface area contributed by atoms with Gasteiger partial charge in [-0.15, -0.1) is 10.2 Å². The molecule has 0 unspecified atom stereocenters. The van der Waals surface area contributed by atoms with Crippen molar-refractivity contribution < 1.29 is 27.8 Å². The number of aromatic nitrogens is 4. The Bertz CT molecular complexity index is 1050. The lowest BCUT2D eigenvalue weighted by Gasteiger charge is -2.11. The molecule has 0 aliphatic heterocycles. The summed E-state index contributed by atoms with van der Waals surface area (Å²) >= 11 is 6.26. The molecule has 0 aliphatic carbocycles. The van der Waals surface area contributed by atoms with E-state index in [4.69, 9.17) is 16.7 Å². The molecule has 0 saturated carbocycles. The van der Waals surface area contributed by atoms with Crippen molar-refractivity contribution in [3.05, 3.63) is 59.5 Å². The Kier molecular flexibility index (Phi) is 5.83. The third-order valence-electron chi connectivity index (χ3n) is 3.52. The van der Waals surface area contributed by atoms with Gasteiger partial charge < -0.3 is 9.84 Å². The lowest BCUT2D eigenvalue weighted by molar-refractivity contribution is -0.153. The maximum absolute atomic E-state index is 12.3. The Morgan fingerprint density at radius 3 is 2.59 bits per heavy atom. The van der Waals surface area contributed by atoms with Crippen molar-refractivity contribution in [3.8, 4) is 23.0 Å². The molecule has 3 rings (SSSR count). The number of para-hydroxylation sites is 1. The van der Waals surface area contributed by atoms with Gasteiger partial charge in [-0.25, -0.2) is 9.78 Å². The molecule has 1 aromatic carbocycles. The van der Waals surface area contributed by atoms with Crippen LogP contribution in [-0.2, 0) is 4.79 Å². The zero-order chi connectivity index (χ0) is 21.0. The topological polar surface area (TPSA) is 90.1 Å². The molecular weight excluding hydrogens is 413 g/mol. The molecule has 0 amide bonds. The van der Waals surface area contributed by atoms with Gasteiger partial charge in [-0.1, -0.05) is 23.7 Å². The summed E-state index contributed by atoms with van der Waals surface area (Å²) in [6.07, 6.45) is -1.21. The highest BCUT2D eigenvalue weighted by Gasteiger charge is 2.28. The number of halogens is 4. The predicted octanol–water partition coefficient (Wildman–Crippen LogP) is 4.02. The van der Waals surface area contributed by atoms with E-state index >= 15 is 0 Å². The molecule has 3 aromatic rings. The molecule has 7 nitrogen and oxygen atoms in total. The van der Waals surface area contributed by atoms with E-state index in [1.54, 1.807) is 24.3 Å². The average Bonchev–Trinajstić information content (AvgIpc) is 3.08.